The molecule has 1 heterocycles. The fourth-order valence-corrected chi connectivity index (χ4v) is 2.46. The van der Waals surface area contributed by atoms with E-state index in [9.17, 15) is 9.59 Å². The summed E-state index contributed by atoms with van der Waals surface area (Å²) < 4.78 is 10.9. The molecule has 0 aliphatic heterocycles. The van der Waals surface area contributed by atoms with Gasteiger partial charge < -0.3 is 14.6 Å². The second kappa shape index (κ2) is 7.56. The monoisotopic (exact) mass is 321 g/mol. The Hall–Kier alpha value is -2.41. The molecule has 1 aromatic carbocycles. The van der Waals surface area contributed by atoms with Crippen molar-refractivity contribution < 1.29 is 24.2 Å². The normalized spacial score (nSPS) is 10.2. The number of nitrogens with zero attached hydrogens (tertiary/aromatic N) is 1. The van der Waals surface area contributed by atoms with Crippen molar-refractivity contribution in [1.82, 2.24) is 4.98 Å². The quantitative estimate of drug-likeness (QED) is 0.752. The molecule has 0 fully saturated rings. The molecular formula is C15H15NO5S. The van der Waals surface area contributed by atoms with Crippen LogP contribution in [0.25, 0.3) is 0 Å². The molecule has 6 nitrogen and oxygen atoms in total. The van der Waals surface area contributed by atoms with Gasteiger partial charge in [0.25, 0.3) is 0 Å². The highest BCUT2D eigenvalue weighted by Crippen LogP contribution is 2.26. The van der Waals surface area contributed by atoms with Crippen LogP contribution in [0, 0.1) is 0 Å². The summed E-state index contributed by atoms with van der Waals surface area (Å²) in [5.41, 5.74) is 0.371. The molecule has 0 aliphatic carbocycles. The SMILES string of the molecule is CCOc1ccccc1OCC(=O)c1nc(CC(=O)O)cs1. The minimum Gasteiger partial charge on any atom is -0.490 e. The third-order valence-corrected chi connectivity index (χ3v) is 3.56. The molecule has 0 radical (unpaired) electrons. The number of para-hydroxylation sites is 2. The van der Waals surface area contributed by atoms with Crippen LogP contribution in [0.1, 0.15) is 22.4 Å². The number of carboxylic acid groups (broad SMARTS) is 1. The van der Waals surface area contributed by atoms with E-state index in [-0.39, 0.29) is 23.8 Å². The lowest BCUT2D eigenvalue weighted by atomic mass is 10.3. The van der Waals surface area contributed by atoms with Crippen molar-refractivity contribution in [2.45, 2.75) is 13.3 Å². The zero-order chi connectivity index (χ0) is 15.9. The molecule has 7 heteroatoms. The smallest absolute Gasteiger partial charge is 0.309 e. The van der Waals surface area contributed by atoms with Gasteiger partial charge in [0.05, 0.1) is 18.7 Å². The third kappa shape index (κ3) is 4.29. The van der Waals surface area contributed by atoms with Crippen LogP contribution in [0.15, 0.2) is 29.6 Å². The van der Waals surface area contributed by atoms with Gasteiger partial charge in [-0.05, 0) is 19.1 Å². The first-order chi connectivity index (χ1) is 10.6. The summed E-state index contributed by atoms with van der Waals surface area (Å²) in [6, 6.07) is 7.09. The number of carbonyl (C=O) groups is 2. The molecule has 0 atom stereocenters. The molecule has 116 valence electrons. The van der Waals surface area contributed by atoms with Crippen molar-refractivity contribution >= 4 is 23.1 Å². The Balaban J connectivity index is 1.98. The molecular weight excluding hydrogens is 306 g/mol. The van der Waals surface area contributed by atoms with Crippen LogP contribution < -0.4 is 9.47 Å². The lowest BCUT2D eigenvalue weighted by molar-refractivity contribution is -0.136. The fourth-order valence-electron chi connectivity index (χ4n) is 1.72. The Morgan fingerprint density at radius 1 is 1.23 bits per heavy atom. The van der Waals surface area contributed by atoms with Crippen LogP contribution in [0.4, 0.5) is 0 Å². The zero-order valence-electron chi connectivity index (χ0n) is 11.9. The molecule has 22 heavy (non-hydrogen) atoms. The second-order valence-electron chi connectivity index (χ2n) is 4.31. The van der Waals surface area contributed by atoms with E-state index in [1.165, 1.54) is 0 Å². The summed E-state index contributed by atoms with van der Waals surface area (Å²) in [5, 5.41) is 10.5. The molecule has 1 aromatic heterocycles. The van der Waals surface area contributed by atoms with E-state index in [1.807, 2.05) is 13.0 Å². The number of hydrogen-bond donors (Lipinski definition) is 1. The number of rotatable bonds is 8. The van der Waals surface area contributed by atoms with Crippen LogP contribution in [0.2, 0.25) is 0 Å². The van der Waals surface area contributed by atoms with E-state index in [0.29, 0.717) is 23.8 Å². The topological polar surface area (TPSA) is 85.7 Å². The number of Topliss-reactive ketones (excluding diaryl/α,β-unsaturated/α-hetero) is 1. The highest BCUT2D eigenvalue weighted by molar-refractivity contribution is 7.11. The Morgan fingerprint density at radius 2 is 1.91 bits per heavy atom. The van der Waals surface area contributed by atoms with Gasteiger partial charge in [-0.2, -0.15) is 0 Å². The molecule has 0 unspecified atom stereocenters. The predicted molar refractivity (Wildman–Crippen MR) is 80.9 cm³/mol. The van der Waals surface area contributed by atoms with E-state index < -0.39 is 5.97 Å². The molecule has 2 rings (SSSR count). The maximum atomic E-state index is 12.0. The first kappa shape index (κ1) is 16.0. The van der Waals surface area contributed by atoms with E-state index in [4.69, 9.17) is 14.6 Å². The van der Waals surface area contributed by atoms with Crippen molar-refractivity contribution in [3.8, 4) is 11.5 Å². The number of carboxylic acids is 1. The maximum Gasteiger partial charge on any atom is 0.309 e. The third-order valence-electron chi connectivity index (χ3n) is 2.63. The van der Waals surface area contributed by atoms with Crippen LogP contribution >= 0.6 is 11.3 Å². The number of ketones is 1. The van der Waals surface area contributed by atoms with Crippen LogP contribution in [-0.4, -0.2) is 35.1 Å². The van der Waals surface area contributed by atoms with Crippen molar-refractivity contribution in [1.29, 1.82) is 0 Å². The Labute approximate surface area is 131 Å². The van der Waals surface area contributed by atoms with Gasteiger partial charge in [-0.3, -0.25) is 9.59 Å². The molecule has 0 bridgehead atoms. The maximum absolute atomic E-state index is 12.0. The van der Waals surface area contributed by atoms with E-state index in [0.717, 1.165) is 11.3 Å². The number of hydrogen-bond acceptors (Lipinski definition) is 6. The molecule has 0 spiro atoms. The summed E-state index contributed by atoms with van der Waals surface area (Å²) in [7, 11) is 0. The van der Waals surface area contributed by atoms with Gasteiger partial charge in [-0.1, -0.05) is 12.1 Å². The second-order valence-corrected chi connectivity index (χ2v) is 5.16. The number of benzene rings is 1. The highest BCUT2D eigenvalue weighted by atomic mass is 32.1. The largest absolute Gasteiger partial charge is 0.490 e. The lowest BCUT2D eigenvalue weighted by Crippen LogP contribution is -2.12. The first-order valence-electron chi connectivity index (χ1n) is 6.64. The Morgan fingerprint density at radius 3 is 2.55 bits per heavy atom. The molecule has 0 aliphatic rings. The number of aliphatic carboxylic acids is 1. The molecule has 0 amide bonds. The van der Waals surface area contributed by atoms with Gasteiger partial charge in [0.2, 0.25) is 5.78 Å². The van der Waals surface area contributed by atoms with Crippen molar-refractivity contribution in [3.05, 3.63) is 40.3 Å². The predicted octanol–water partition coefficient (Wildman–Crippen LogP) is 2.43. The van der Waals surface area contributed by atoms with Gasteiger partial charge in [0.1, 0.15) is 0 Å². The summed E-state index contributed by atoms with van der Waals surface area (Å²) in [6.07, 6.45) is -0.197. The summed E-state index contributed by atoms with van der Waals surface area (Å²) >= 11 is 1.11. The van der Waals surface area contributed by atoms with Gasteiger partial charge in [0, 0.05) is 5.38 Å². The summed E-state index contributed by atoms with van der Waals surface area (Å²) in [5.74, 6) is -0.220. The van der Waals surface area contributed by atoms with E-state index >= 15 is 0 Å². The number of carbonyl (C=O) groups excluding carboxylic acids is 1. The molecule has 0 saturated carbocycles. The average molecular weight is 321 g/mol. The van der Waals surface area contributed by atoms with Gasteiger partial charge in [-0.25, -0.2) is 4.98 Å². The summed E-state index contributed by atoms with van der Waals surface area (Å²) in [4.78, 5) is 26.6. The first-order valence-corrected chi connectivity index (χ1v) is 7.52. The lowest BCUT2D eigenvalue weighted by Gasteiger charge is -2.10. The fraction of sp³-hybridized carbons (Fsp3) is 0.267. The van der Waals surface area contributed by atoms with Crippen molar-refractivity contribution in [2.24, 2.45) is 0 Å². The number of aromatic nitrogens is 1. The van der Waals surface area contributed by atoms with Crippen molar-refractivity contribution in [2.75, 3.05) is 13.2 Å². The number of thiazole rings is 1. The van der Waals surface area contributed by atoms with Gasteiger partial charge in [0.15, 0.2) is 23.1 Å². The minimum absolute atomic E-state index is 0.176. The van der Waals surface area contributed by atoms with Gasteiger partial charge in [-0.15, -0.1) is 11.3 Å². The zero-order valence-corrected chi connectivity index (χ0v) is 12.8. The van der Waals surface area contributed by atoms with Crippen molar-refractivity contribution in [3.63, 3.8) is 0 Å². The van der Waals surface area contributed by atoms with Gasteiger partial charge >= 0.3 is 5.97 Å². The standard InChI is InChI=1S/C15H15NO5S/c1-2-20-12-5-3-4-6-13(12)21-8-11(17)15-16-10(9-22-15)7-14(18)19/h3-6,9H,2,7-8H2,1H3,(H,18,19). The summed E-state index contributed by atoms with van der Waals surface area (Å²) in [6.45, 7) is 2.19. The molecule has 2 aromatic rings. The highest BCUT2D eigenvalue weighted by Gasteiger charge is 2.14. The number of ether oxygens (including phenoxy) is 2. The minimum atomic E-state index is -0.980. The molecule has 1 N–H and O–H groups in total. The Bertz CT molecular complexity index is 667. The molecule has 0 saturated heterocycles. The average Bonchev–Trinajstić information content (AvgIpc) is 2.94. The Kier molecular flexibility index (Phi) is 5.48. The van der Waals surface area contributed by atoms with Crippen LogP contribution in [0.5, 0.6) is 11.5 Å². The van der Waals surface area contributed by atoms with Crippen LogP contribution in [-0.2, 0) is 11.2 Å². The van der Waals surface area contributed by atoms with E-state index in [1.54, 1.807) is 23.6 Å². The van der Waals surface area contributed by atoms with Crippen LogP contribution in [0.3, 0.4) is 0 Å². The van der Waals surface area contributed by atoms with E-state index in [2.05, 4.69) is 4.98 Å².